The molecule has 2 amide bonds. The molecule has 0 spiro atoms. The Kier molecular flexibility index (Phi) is 7.05. The molecule has 0 radical (unpaired) electrons. The quantitative estimate of drug-likeness (QED) is 0.585. The van der Waals surface area contributed by atoms with Gasteiger partial charge in [0.25, 0.3) is 11.8 Å². The van der Waals surface area contributed by atoms with Gasteiger partial charge in [0.05, 0.1) is 14.2 Å². The summed E-state index contributed by atoms with van der Waals surface area (Å²) in [7, 11) is 3.09. The number of nitrogens with one attached hydrogen (secondary N) is 2. The number of para-hydroxylation sites is 2. The van der Waals surface area contributed by atoms with Crippen LogP contribution in [0.2, 0.25) is 0 Å². The number of hydrogen-bond donors (Lipinski definition) is 2. The van der Waals surface area contributed by atoms with Crippen molar-refractivity contribution in [2.75, 3.05) is 20.8 Å². The maximum absolute atomic E-state index is 11.7. The molecule has 2 N–H and O–H groups in total. The van der Waals surface area contributed by atoms with E-state index in [1.54, 1.807) is 49.6 Å². The highest BCUT2D eigenvalue weighted by atomic mass is 16.5. The first kappa shape index (κ1) is 18.9. The first-order valence-electron chi connectivity index (χ1n) is 7.79. The van der Waals surface area contributed by atoms with Crippen LogP contribution in [0.1, 0.15) is 5.56 Å². The summed E-state index contributed by atoms with van der Waals surface area (Å²) in [5, 5.41) is 0. The van der Waals surface area contributed by atoms with Crippen LogP contribution in [-0.4, -0.2) is 32.6 Å². The molecule has 2 aromatic carbocycles. The molecule has 0 aromatic heterocycles. The molecule has 0 atom stereocenters. The number of rotatable bonds is 7. The molecular weight excluding hydrogens is 336 g/mol. The molecule has 0 saturated heterocycles. The highest BCUT2D eigenvalue weighted by molar-refractivity contribution is 5.93. The lowest BCUT2D eigenvalue weighted by Crippen LogP contribution is -2.43. The molecule has 0 heterocycles. The maximum atomic E-state index is 11.7. The minimum atomic E-state index is -0.498. The van der Waals surface area contributed by atoms with Crippen molar-refractivity contribution in [1.29, 1.82) is 0 Å². The van der Waals surface area contributed by atoms with Crippen molar-refractivity contribution in [1.82, 2.24) is 10.9 Å². The van der Waals surface area contributed by atoms with Gasteiger partial charge in [-0.25, -0.2) is 0 Å². The van der Waals surface area contributed by atoms with Gasteiger partial charge in [0.2, 0.25) is 0 Å². The van der Waals surface area contributed by atoms with E-state index in [2.05, 4.69) is 10.9 Å². The minimum absolute atomic E-state index is 0.261. The average Bonchev–Trinajstić information content (AvgIpc) is 2.69. The van der Waals surface area contributed by atoms with E-state index in [-0.39, 0.29) is 6.61 Å². The van der Waals surface area contributed by atoms with Gasteiger partial charge >= 0.3 is 0 Å². The molecule has 26 heavy (non-hydrogen) atoms. The zero-order chi connectivity index (χ0) is 18.8. The highest BCUT2D eigenvalue weighted by Crippen LogP contribution is 2.25. The summed E-state index contributed by atoms with van der Waals surface area (Å²) in [4.78, 5) is 23.5. The molecule has 0 fully saturated rings. The first-order valence-corrected chi connectivity index (χ1v) is 7.79. The normalized spacial score (nSPS) is 10.2. The molecule has 2 rings (SSSR count). The Hall–Kier alpha value is -3.48. The van der Waals surface area contributed by atoms with Crippen LogP contribution in [0.5, 0.6) is 17.2 Å². The molecule has 136 valence electrons. The number of methoxy groups -OCH3 is 2. The van der Waals surface area contributed by atoms with Crippen LogP contribution in [0, 0.1) is 0 Å². The fraction of sp³-hybridized carbons (Fsp3) is 0.158. The monoisotopic (exact) mass is 356 g/mol. The van der Waals surface area contributed by atoms with Crippen molar-refractivity contribution in [2.24, 2.45) is 0 Å². The van der Waals surface area contributed by atoms with Crippen molar-refractivity contribution in [2.45, 2.75) is 0 Å². The predicted octanol–water partition coefficient (Wildman–Crippen LogP) is 1.94. The summed E-state index contributed by atoms with van der Waals surface area (Å²) < 4.78 is 15.5. The Labute approximate surface area is 151 Å². The fourth-order valence-corrected chi connectivity index (χ4v) is 1.98. The van der Waals surface area contributed by atoms with Crippen molar-refractivity contribution >= 4 is 17.9 Å². The Balaban J connectivity index is 1.75. The molecule has 7 heteroatoms. The third kappa shape index (κ3) is 5.86. The van der Waals surface area contributed by atoms with E-state index >= 15 is 0 Å². The molecular formula is C19H20N2O5. The van der Waals surface area contributed by atoms with Crippen LogP contribution in [0.4, 0.5) is 0 Å². The lowest BCUT2D eigenvalue weighted by atomic mass is 10.2. The Morgan fingerprint density at radius 2 is 1.62 bits per heavy atom. The van der Waals surface area contributed by atoms with E-state index in [1.165, 1.54) is 13.2 Å². The molecule has 0 aliphatic rings. The largest absolute Gasteiger partial charge is 0.497 e. The van der Waals surface area contributed by atoms with Gasteiger partial charge in [-0.1, -0.05) is 24.3 Å². The summed E-state index contributed by atoms with van der Waals surface area (Å²) in [5.41, 5.74) is 5.37. The SMILES string of the molecule is COc1ccc(C=CC(=O)NNC(=O)COc2ccccc2OC)cc1. The van der Waals surface area contributed by atoms with E-state index < -0.39 is 11.8 Å². The lowest BCUT2D eigenvalue weighted by molar-refractivity contribution is -0.128. The number of amides is 2. The molecule has 7 nitrogen and oxygen atoms in total. The molecule has 0 saturated carbocycles. The van der Waals surface area contributed by atoms with Crippen molar-refractivity contribution < 1.29 is 23.8 Å². The zero-order valence-corrected chi connectivity index (χ0v) is 14.5. The topological polar surface area (TPSA) is 85.9 Å². The standard InChI is InChI=1S/C19H20N2O5/c1-24-15-10-7-14(8-11-15)9-12-18(22)20-21-19(23)13-26-17-6-4-3-5-16(17)25-2/h3-12H,13H2,1-2H3,(H,20,22)(H,21,23). The average molecular weight is 356 g/mol. The van der Waals surface area contributed by atoms with Crippen LogP contribution in [-0.2, 0) is 9.59 Å². The van der Waals surface area contributed by atoms with Gasteiger partial charge in [0.15, 0.2) is 18.1 Å². The van der Waals surface area contributed by atoms with E-state index in [9.17, 15) is 9.59 Å². The lowest BCUT2D eigenvalue weighted by Gasteiger charge is -2.10. The van der Waals surface area contributed by atoms with Crippen LogP contribution in [0.3, 0.4) is 0 Å². The van der Waals surface area contributed by atoms with Gasteiger partial charge in [0.1, 0.15) is 5.75 Å². The minimum Gasteiger partial charge on any atom is -0.497 e. The van der Waals surface area contributed by atoms with Gasteiger partial charge in [0, 0.05) is 6.08 Å². The van der Waals surface area contributed by atoms with E-state index in [4.69, 9.17) is 14.2 Å². The summed E-state index contributed by atoms with van der Waals surface area (Å²) in [5.74, 6) is 0.727. The second kappa shape index (κ2) is 9.73. The molecule has 2 aromatic rings. The highest BCUT2D eigenvalue weighted by Gasteiger charge is 2.07. The second-order valence-electron chi connectivity index (χ2n) is 5.08. The fourth-order valence-electron chi connectivity index (χ4n) is 1.98. The predicted molar refractivity (Wildman–Crippen MR) is 96.8 cm³/mol. The van der Waals surface area contributed by atoms with E-state index in [0.717, 1.165) is 11.3 Å². The van der Waals surface area contributed by atoms with Gasteiger partial charge < -0.3 is 14.2 Å². The Bertz CT molecular complexity index is 772. The Morgan fingerprint density at radius 3 is 2.27 bits per heavy atom. The smallest absolute Gasteiger partial charge is 0.276 e. The van der Waals surface area contributed by atoms with Crippen LogP contribution in [0.15, 0.2) is 54.6 Å². The van der Waals surface area contributed by atoms with Crippen molar-refractivity contribution in [3.05, 3.63) is 60.2 Å². The zero-order valence-electron chi connectivity index (χ0n) is 14.5. The number of hydrazine groups is 1. The number of benzene rings is 2. The first-order chi connectivity index (χ1) is 12.6. The van der Waals surface area contributed by atoms with E-state index in [0.29, 0.717) is 11.5 Å². The van der Waals surface area contributed by atoms with Gasteiger partial charge in [-0.05, 0) is 35.9 Å². The van der Waals surface area contributed by atoms with Gasteiger partial charge in [-0.15, -0.1) is 0 Å². The maximum Gasteiger partial charge on any atom is 0.276 e. The summed E-state index contributed by atoms with van der Waals surface area (Å²) in [6.45, 7) is -0.261. The number of carbonyl (C=O) groups is 2. The number of carbonyl (C=O) groups excluding carboxylic acids is 2. The van der Waals surface area contributed by atoms with Crippen LogP contribution < -0.4 is 25.1 Å². The molecule has 0 bridgehead atoms. The number of ether oxygens (including phenoxy) is 3. The van der Waals surface area contributed by atoms with Crippen LogP contribution in [0.25, 0.3) is 6.08 Å². The van der Waals surface area contributed by atoms with E-state index in [1.807, 2.05) is 12.1 Å². The Morgan fingerprint density at radius 1 is 0.923 bits per heavy atom. The van der Waals surface area contributed by atoms with Crippen LogP contribution >= 0.6 is 0 Å². The second-order valence-corrected chi connectivity index (χ2v) is 5.08. The molecule has 0 aliphatic heterocycles. The number of hydrogen-bond acceptors (Lipinski definition) is 5. The summed E-state index contributed by atoms with van der Waals surface area (Å²) >= 11 is 0. The van der Waals surface area contributed by atoms with Gasteiger partial charge in [-0.3, -0.25) is 20.4 Å². The van der Waals surface area contributed by atoms with Crippen molar-refractivity contribution in [3.63, 3.8) is 0 Å². The molecule has 0 aliphatic carbocycles. The third-order valence-electron chi connectivity index (χ3n) is 3.30. The molecule has 0 unspecified atom stereocenters. The third-order valence-corrected chi connectivity index (χ3v) is 3.30. The van der Waals surface area contributed by atoms with Gasteiger partial charge in [-0.2, -0.15) is 0 Å². The summed E-state index contributed by atoms with van der Waals surface area (Å²) in [6.07, 6.45) is 2.93. The van der Waals surface area contributed by atoms with Crippen molar-refractivity contribution in [3.8, 4) is 17.2 Å². The summed E-state index contributed by atoms with van der Waals surface area (Å²) in [6, 6.07) is 14.2.